The van der Waals surface area contributed by atoms with Crippen LogP contribution in [-0.4, -0.2) is 17.5 Å². The molecule has 0 unspecified atom stereocenters. The van der Waals surface area contributed by atoms with Crippen molar-refractivity contribution < 1.29 is 27.1 Å². The third kappa shape index (κ3) is 6.43. The van der Waals surface area contributed by atoms with E-state index < -0.39 is 0 Å². The van der Waals surface area contributed by atoms with Gasteiger partial charge in [-0.3, -0.25) is 4.99 Å². The Balaban J connectivity index is 0.00000400. The zero-order chi connectivity index (χ0) is 34.9. The second-order valence-electron chi connectivity index (χ2n) is 12.5. The van der Waals surface area contributed by atoms with Gasteiger partial charge < -0.3 is 14.7 Å². The van der Waals surface area contributed by atoms with Crippen LogP contribution in [-0.2, 0) is 27.1 Å². The van der Waals surface area contributed by atoms with Gasteiger partial charge in [0.05, 0.1) is 18.0 Å². The SMILES string of the molecule is C=CCOC1=Nc2[c-]c1c(-c1ccccc1)c1ccc([n-]1)c(-c1ccccc1)c1nc(c(-c3ccccc3)c3ccc([n-]3)c2-c2ccccc2)C=C1.[Ag]. The number of aromatic nitrogens is 3. The van der Waals surface area contributed by atoms with E-state index in [0.717, 1.165) is 78.0 Å². The predicted molar refractivity (Wildman–Crippen MR) is 213 cm³/mol. The Morgan fingerprint density at radius 3 is 1.38 bits per heavy atom. The minimum Gasteiger partial charge on any atom is -0.665 e. The topological polar surface area (TPSA) is 62.7 Å². The maximum absolute atomic E-state index is 6.33. The Kier molecular flexibility index (Phi) is 9.45. The summed E-state index contributed by atoms with van der Waals surface area (Å²) in [6.45, 7) is 4.19. The van der Waals surface area contributed by atoms with Crippen LogP contribution in [0.15, 0.2) is 163 Å². The Morgan fingerprint density at radius 2 is 0.925 bits per heavy atom. The fourth-order valence-corrected chi connectivity index (χ4v) is 6.91. The fraction of sp³-hybridized carbons (Fsp3) is 0.0213. The number of aliphatic imine (C=N–C) groups is 1. The van der Waals surface area contributed by atoms with E-state index >= 15 is 0 Å². The molecule has 0 spiro atoms. The first kappa shape index (κ1) is 33.9. The smallest absolute Gasteiger partial charge is 0.134 e. The van der Waals surface area contributed by atoms with Crippen molar-refractivity contribution in [2.75, 3.05) is 6.61 Å². The molecule has 259 valence electrons. The molecule has 7 aromatic rings. The largest absolute Gasteiger partial charge is 0.665 e. The average Bonchev–Trinajstić information content (AvgIpc) is 4.03. The van der Waals surface area contributed by atoms with E-state index in [0.29, 0.717) is 17.1 Å². The monoisotopic (exact) mass is 774 g/mol. The van der Waals surface area contributed by atoms with Crippen LogP contribution in [0.4, 0.5) is 5.69 Å². The van der Waals surface area contributed by atoms with Gasteiger partial charge in [-0.2, -0.15) is 11.0 Å². The molecule has 0 atom stereocenters. The van der Waals surface area contributed by atoms with E-state index in [1.54, 1.807) is 6.08 Å². The van der Waals surface area contributed by atoms with Crippen LogP contribution in [0.25, 0.3) is 78.7 Å². The molecule has 53 heavy (non-hydrogen) atoms. The molecule has 0 amide bonds. The molecule has 1 radical (unpaired) electrons. The van der Waals surface area contributed by atoms with E-state index in [1.807, 2.05) is 72.8 Å². The quantitative estimate of drug-likeness (QED) is 0.0959. The Morgan fingerprint density at radius 1 is 0.528 bits per heavy atom. The van der Waals surface area contributed by atoms with Crippen molar-refractivity contribution in [2.24, 2.45) is 4.99 Å². The number of fused-ring (bicyclic) bond motifs is 8. The second-order valence-corrected chi connectivity index (χ2v) is 12.5. The van der Waals surface area contributed by atoms with Gasteiger partial charge in [0.2, 0.25) is 0 Å². The van der Waals surface area contributed by atoms with Gasteiger partial charge in [0.15, 0.2) is 0 Å². The molecular formula is C47H31AgN4O-3. The van der Waals surface area contributed by atoms with E-state index in [1.165, 1.54) is 0 Å². The Hall–Kier alpha value is -6.24. The van der Waals surface area contributed by atoms with E-state index in [9.17, 15) is 0 Å². The summed E-state index contributed by atoms with van der Waals surface area (Å²) in [4.78, 5) is 21.1. The number of benzene rings is 4. The van der Waals surface area contributed by atoms with Crippen LogP contribution in [0.3, 0.4) is 0 Å². The Labute approximate surface area is 323 Å². The first-order valence-electron chi connectivity index (χ1n) is 17.2. The van der Waals surface area contributed by atoms with Crippen molar-refractivity contribution in [3.05, 3.63) is 181 Å². The second kappa shape index (κ2) is 14.8. The van der Waals surface area contributed by atoms with Gasteiger partial charge in [0.25, 0.3) is 0 Å². The molecular weight excluding hydrogens is 744 g/mol. The summed E-state index contributed by atoms with van der Waals surface area (Å²) in [5.74, 6) is 0.452. The maximum atomic E-state index is 6.33. The number of nitrogens with zero attached hydrogens (tertiary/aromatic N) is 4. The third-order valence-electron chi connectivity index (χ3n) is 9.20. The molecule has 0 saturated heterocycles. The molecule has 6 heteroatoms. The van der Waals surface area contributed by atoms with Crippen molar-refractivity contribution in [3.63, 3.8) is 0 Å². The van der Waals surface area contributed by atoms with Crippen molar-refractivity contribution in [3.8, 4) is 44.5 Å². The van der Waals surface area contributed by atoms with Crippen molar-refractivity contribution >= 4 is 45.8 Å². The minimum absolute atomic E-state index is 0. The molecule has 3 aromatic heterocycles. The van der Waals surface area contributed by atoms with Crippen LogP contribution in [0.1, 0.15) is 17.0 Å². The van der Waals surface area contributed by atoms with Crippen LogP contribution in [0.5, 0.6) is 0 Å². The van der Waals surface area contributed by atoms with Crippen molar-refractivity contribution in [1.82, 2.24) is 15.0 Å². The van der Waals surface area contributed by atoms with Crippen molar-refractivity contribution in [1.29, 1.82) is 0 Å². The molecule has 5 nitrogen and oxygen atoms in total. The summed E-state index contributed by atoms with van der Waals surface area (Å²) < 4.78 is 6.33. The van der Waals surface area contributed by atoms with Crippen LogP contribution in [0, 0.1) is 6.07 Å². The van der Waals surface area contributed by atoms with Crippen LogP contribution in [0.2, 0.25) is 0 Å². The summed E-state index contributed by atoms with van der Waals surface area (Å²) >= 11 is 0. The van der Waals surface area contributed by atoms with E-state index in [-0.39, 0.29) is 29.0 Å². The molecule has 5 heterocycles. The summed E-state index contributed by atoms with van der Waals surface area (Å²) in [7, 11) is 0. The van der Waals surface area contributed by atoms with Crippen LogP contribution >= 0.6 is 0 Å². The summed E-state index contributed by atoms with van der Waals surface area (Å²) in [6.07, 6.45) is 5.90. The molecule has 0 saturated carbocycles. The molecule has 8 bridgehead atoms. The van der Waals surface area contributed by atoms with Gasteiger partial charge in [0.1, 0.15) is 5.90 Å². The van der Waals surface area contributed by atoms with E-state index in [2.05, 4.69) is 97.6 Å². The van der Waals surface area contributed by atoms with Gasteiger partial charge in [-0.1, -0.05) is 181 Å². The molecule has 2 aliphatic rings. The zero-order valence-corrected chi connectivity index (χ0v) is 30.0. The van der Waals surface area contributed by atoms with Gasteiger partial charge in [-0.15, -0.1) is 22.7 Å². The van der Waals surface area contributed by atoms with Gasteiger partial charge in [-0.25, -0.2) is 4.98 Å². The average molecular weight is 776 g/mol. The molecule has 9 rings (SSSR count). The number of hydrogen-bond acceptors (Lipinski definition) is 3. The number of ether oxygens (including phenoxy) is 1. The molecule has 4 aromatic carbocycles. The normalized spacial score (nSPS) is 11.8. The predicted octanol–water partition coefficient (Wildman–Crippen LogP) is 11.1. The third-order valence-corrected chi connectivity index (χ3v) is 9.20. The summed E-state index contributed by atoms with van der Waals surface area (Å²) in [5, 5.41) is 0. The molecule has 0 aliphatic carbocycles. The van der Waals surface area contributed by atoms with Gasteiger partial charge in [0, 0.05) is 22.4 Å². The standard InChI is InChI=1S/C47H31N4O.Ag/c1-2-29-52-47-35-30-42(51-47)46(34-21-13-6-14-22-34)41-28-27-40(50-41)45(33-19-11-5-12-20-33)39-26-25-38(49-39)44(32-17-9-4-10-18-32)37-24-23-36(48-37)43(35)31-15-7-3-8-16-31;/h2-28H,1,29H2;/q-3;. The molecule has 0 N–H and O–H groups in total. The summed E-state index contributed by atoms with van der Waals surface area (Å²) in [5.41, 5.74) is 13.8. The molecule has 2 aliphatic heterocycles. The zero-order valence-electron chi connectivity index (χ0n) is 28.5. The van der Waals surface area contributed by atoms with Gasteiger partial charge >= 0.3 is 0 Å². The van der Waals surface area contributed by atoms with Crippen molar-refractivity contribution in [2.45, 2.75) is 0 Å². The minimum atomic E-state index is 0. The maximum Gasteiger partial charge on any atom is 0.134 e. The Bertz CT molecular complexity index is 2680. The van der Waals surface area contributed by atoms with Gasteiger partial charge in [-0.05, 0) is 40.1 Å². The summed E-state index contributed by atoms with van der Waals surface area (Å²) in [6, 6.07) is 53.1. The number of hydrogen-bond donors (Lipinski definition) is 0. The number of rotatable bonds is 6. The first-order valence-corrected chi connectivity index (χ1v) is 17.2. The van der Waals surface area contributed by atoms with Crippen LogP contribution < -0.4 is 9.97 Å². The molecule has 0 fully saturated rings. The van der Waals surface area contributed by atoms with E-state index in [4.69, 9.17) is 24.7 Å². The fourth-order valence-electron chi connectivity index (χ4n) is 6.91. The first-order chi connectivity index (χ1) is 25.7.